The Bertz CT molecular complexity index is 893. The number of nitrogens with two attached hydrogens (primary N) is 2. The molecule has 1 aromatic rings. The quantitative estimate of drug-likeness (QED) is 0.130. The number of carboxylic acids is 1. The fourth-order valence-electron chi connectivity index (χ4n) is 3.41. The topological polar surface area (TPSA) is 226 Å². The molecule has 0 radical (unpaired) electrons. The Kier molecular flexibility index (Phi) is 13.3. The zero-order valence-corrected chi connectivity index (χ0v) is 20.3. The highest BCUT2D eigenvalue weighted by molar-refractivity contribution is 5.93. The predicted octanol–water partition coefficient (Wildman–Crippen LogP) is -0.929. The summed E-state index contributed by atoms with van der Waals surface area (Å²) in [5, 5.41) is 29.0. The summed E-state index contributed by atoms with van der Waals surface area (Å²) >= 11 is 0. The Morgan fingerprint density at radius 1 is 0.861 bits per heavy atom. The zero-order valence-electron chi connectivity index (χ0n) is 20.3. The number of amides is 5. The Labute approximate surface area is 209 Å². The predicted molar refractivity (Wildman–Crippen MR) is 131 cm³/mol. The fraction of sp³-hybridized carbons (Fsp3) is 0.522. The Hall–Kier alpha value is -3.87. The minimum Gasteiger partial charge on any atom is -0.508 e. The number of primary amides is 1. The van der Waals surface area contributed by atoms with Gasteiger partial charge in [-0.3, -0.25) is 14.4 Å². The van der Waals surface area contributed by atoms with Gasteiger partial charge in [0.15, 0.2) is 0 Å². The van der Waals surface area contributed by atoms with Crippen molar-refractivity contribution in [1.82, 2.24) is 21.3 Å². The molecular formula is C23H36N6O7. The molecule has 0 aliphatic rings. The third-order valence-corrected chi connectivity index (χ3v) is 5.23. The molecule has 0 saturated heterocycles. The van der Waals surface area contributed by atoms with Gasteiger partial charge in [0.05, 0.1) is 0 Å². The molecule has 36 heavy (non-hydrogen) atoms. The molecule has 5 amide bonds. The smallest absolute Gasteiger partial charge is 0.326 e. The maximum Gasteiger partial charge on any atom is 0.326 e. The van der Waals surface area contributed by atoms with Gasteiger partial charge in [-0.25, -0.2) is 9.59 Å². The van der Waals surface area contributed by atoms with Crippen LogP contribution in [0.3, 0.4) is 0 Å². The number of phenolic OH excluding ortho intramolecular Hbond substituents is 1. The first-order valence-corrected chi connectivity index (χ1v) is 11.7. The lowest BCUT2D eigenvalue weighted by Gasteiger charge is -2.24. The molecule has 0 bridgehead atoms. The van der Waals surface area contributed by atoms with Crippen molar-refractivity contribution in [2.24, 2.45) is 11.5 Å². The van der Waals surface area contributed by atoms with Gasteiger partial charge in [0.25, 0.3) is 0 Å². The maximum atomic E-state index is 13.0. The fourth-order valence-corrected chi connectivity index (χ4v) is 3.41. The van der Waals surface area contributed by atoms with E-state index in [1.807, 2.05) is 0 Å². The summed E-state index contributed by atoms with van der Waals surface area (Å²) in [4.78, 5) is 60.1. The lowest BCUT2D eigenvalue weighted by Crippen LogP contribution is -2.56. The molecule has 0 heterocycles. The molecule has 13 heteroatoms. The molecule has 13 nitrogen and oxygen atoms in total. The molecule has 200 valence electrons. The van der Waals surface area contributed by atoms with Crippen molar-refractivity contribution in [2.45, 2.75) is 63.6 Å². The minimum atomic E-state index is -1.28. The van der Waals surface area contributed by atoms with E-state index in [9.17, 15) is 34.2 Å². The second kappa shape index (κ2) is 15.9. The number of urea groups is 1. The molecule has 0 spiro atoms. The van der Waals surface area contributed by atoms with Crippen molar-refractivity contribution in [3.63, 3.8) is 0 Å². The summed E-state index contributed by atoms with van der Waals surface area (Å²) in [7, 11) is 0. The number of carboxylic acid groups (broad SMARTS) is 1. The minimum absolute atomic E-state index is 0.0245. The number of hydrogen-bond acceptors (Lipinski definition) is 7. The van der Waals surface area contributed by atoms with Crippen LogP contribution in [-0.2, 0) is 25.6 Å². The van der Waals surface area contributed by atoms with Gasteiger partial charge in [0.1, 0.15) is 23.9 Å². The van der Waals surface area contributed by atoms with Gasteiger partial charge in [-0.15, -0.1) is 0 Å². The normalized spacial score (nSPS) is 13.1. The molecule has 0 aromatic heterocycles. The summed E-state index contributed by atoms with van der Waals surface area (Å²) in [5.41, 5.74) is 11.1. The van der Waals surface area contributed by atoms with Gasteiger partial charge in [0, 0.05) is 19.9 Å². The number of benzene rings is 1. The number of aliphatic carboxylic acids is 1. The third-order valence-electron chi connectivity index (χ3n) is 5.23. The molecule has 0 fully saturated rings. The highest BCUT2D eigenvalue weighted by Gasteiger charge is 2.29. The monoisotopic (exact) mass is 508 g/mol. The summed E-state index contributed by atoms with van der Waals surface area (Å²) < 4.78 is 0. The van der Waals surface area contributed by atoms with Crippen LogP contribution in [0.4, 0.5) is 4.79 Å². The Morgan fingerprint density at radius 2 is 1.42 bits per heavy atom. The van der Waals surface area contributed by atoms with Gasteiger partial charge in [-0.2, -0.15) is 0 Å². The number of phenols is 1. The van der Waals surface area contributed by atoms with Crippen LogP contribution in [0.25, 0.3) is 0 Å². The van der Waals surface area contributed by atoms with Crippen molar-refractivity contribution < 1.29 is 34.2 Å². The summed E-state index contributed by atoms with van der Waals surface area (Å²) in [6, 6.07) is 1.88. The van der Waals surface area contributed by atoms with E-state index in [0.717, 1.165) is 0 Å². The summed E-state index contributed by atoms with van der Waals surface area (Å²) in [6.07, 6.45) is 1.75. The Morgan fingerprint density at radius 3 is 1.94 bits per heavy atom. The second-order valence-electron chi connectivity index (χ2n) is 8.30. The first kappa shape index (κ1) is 30.2. The van der Waals surface area contributed by atoms with Crippen LogP contribution >= 0.6 is 0 Å². The number of hydrogen-bond donors (Lipinski definition) is 8. The van der Waals surface area contributed by atoms with Crippen molar-refractivity contribution in [2.75, 3.05) is 13.1 Å². The van der Waals surface area contributed by atoms with Crippen LogP contribution in [0, 0.1) is 0 Å². The summed E-state index contributed by atoms with van der Waals surface area (Å²) in [6.45, 7) is 1.81. The highest BCUT2D eigenvalue weighted by Crippen LogP contribution is 2.12. The van der Waals surface area contributed by atoms with Gasteiger partial charge in [-0.1, -0.05) is 12.1 Å². The highest BCUT2D eigenvalue weighted by atomic mass is 16.4. The van der Waals surface area contributed by atoms with Gasteiger partial charge in [-0.05, 0) is 56.3 Å². The molecule has 1 rings (SSSR count). The van der Waals surface area contributed by atoms with E-state index < -0.39 is 47.8 Å². The van der Waals surface area contributed by atoms with E-state index in [0.29, 0.717) is 31.4 Å². The molecule has 0 unspecified atom stereocenters. The maximum absolute atomic E-state index is 13.0. The first-order valence-electron chi connectivity index (χ1n) is 11.7. The van der Waals surface area contributed by atoms with Crippen molar-refractivity contribution in [3.8, 4) is 5.75 Å². The SMILES string of the molecule is CC(=O)N[C@@H](CCCNC(N)=O)C(=O)N[C@@H](CCCCN)C(=O)N[C@@H](Cc1ccc(O)cc1)C(=O)O. The molecule has 0 saturated carbocycles. The van der Waals surface area contributed by atoms with Crippen LogP contribution < -0.4 is 32.7 Å². The van der Waals surface area contributed by atoms with Crippen molar-refractivity contribution in [1.29, 1.82) is 0 Å². The zero-order chi connectivity index (χ0) is 27.1. The lowest BCUT2D eigenvalue weighted by molar-refractivity contribution is -0.142. The lowest BCUT2D eigenvalue weighted by atomic mass is 10.0. The Balaban J connectivity index is 2.92. The van der Waals surface area contributed by atoms with Gasteiger partial charge >= 0.3 is 12.0 Å². The number of unbranched alkanes of at least 4 members (excludes halogenated alkanes) is 1. The second-order valence-corrected chi connectivity index (χ2v) is 8.30. The number of nitrogens with one attached hydrogen (secondary N) is 4. The van der Waals surface area contributed by atoms with E-state index in [-0.39, 0.29) is 31.6 Å². The molecular weight excluding hydrogens is 472 g/mol. The molecule has 3 atom stereocenters. The van der Waals surface area contributed by atoms with Gasteiger partial charge in [0.2, 0.25) is 17.7 Å². The number of rotatable bonds is 16. The van der Waals surface area contributed by atoms with Crippen LogP contribution in [0.5, 0.6) is 5.75 Å². The third kappa shape index (κ3) is 12.0. The van der Waals surface area contributed by atoms with E-state index in [1.54, 1.807) is 12.1 Å². The van der Waals surface area contributed by atoms with Crippen LogP contribution in [-0.4, -0.2) is 71.2 Å². The largest absolute Gasteiger partial charge is 0.508 e. The average molecular weight is 509 g/mol. The molecule has 0 aliphatic carbocycles. The summed E-state index contributed by atoms with van der Waals surface area (Å²) in [5.74, 6) is -3.01. The van der Waals surface area contributed by atoms with Crippen molar-refractivity contribution in [3.05, 3.63) is 29.8 Å². The van der Waals surface area contributed by atoms with Crippen LogP contribution in [0.1, 0.15) is 44.6 Å². The number of carbonyl (C=O) groups is 5. The molecule has 1 aromatic carbocycles. The van der Waals surface area contributed by atoms with E-state index in [1.165, 1.54) is 19.1 Å². The van der Waals surface area contributed by atoms with E-state index in [2.05, 4.69) is 21.3 Å². The number of carbonyl (C=O) groups excluding carboxylic acids is 4. The molecule has 0 aliphatic heterocycles. The van der Waals surface area contributed by atoms with Crippen LogP contribution in [0.15, 0.2) is 24.3 Å². The van der Waals surface area contributed by atoms with Crippen LogP contribution in [0.2, 0.25) is 0 Å². The average Bonchev–Trinajstić information content (AvgIpc) is 2.80. The van der Waals surface area contributed by atoms with Crippen molar-refractivity contribution >= 4 is 29.7 Å². The molecule has 10 N–H and O–H groups in total. The van der Waals surface area contributed by atoms with E-state index in [4.69, 9.17) is 11.5 Å². The first-order chi connectivity index (χ1) is 17.0. The van der Waals surface area contributed by atoms with E-state index >= 15 is 0 Å². The van der Waals surface area contributed by atoms with Gasteiger partial charge < -0.3 is 42.9 Å². The number of aromatic hydroxyl groups is 1. The standard InChI is InChI=1S/C23H36N6O7/c1-14(30)27-17(6-4-12-26-23(25)36)20(32)28-18(5-2-3-11-24)21(33)29-19(22(34)35)13-15-7-9-16(31)10-8-15/h7-10,17-19,31H,2-6,11-13,24H2,1H3,(H,27,30)(H,28,32)(H,29,33)(H,34,35)(H3,25,26,36)/t17-,18-,19-/m0/s1.